The summed E-state index contributed by atoms with van der Waals surface area (Å²) in [6.45, 7) is 0.159. The van der Waals surface area contributed by atoms with Crippen molar-refractivity contribution in [3.05, 3.63) is 104 Å². The van der Waals surface area contributed by atoms with Crippen LogP contribution in [0.4, 0.5) is 4.39 Å². The Morgan fingerprint density at radius 3 is 2.67 bits per heavy atom. The Morgan fingerprint density at radius 1 is 1.09 bits per heavy atom. The highest BCUT2D eigenvalue weighted by atomic mass is 19.1. The molecule has 0 aliphatic rings. The van der Waals surface area contributed by atoms with Gasteiger partial charge in [-0.2, -0.15) is 0 Å². The third-order valence-electron chi connectivity index (χ3n) is 5.30. The number of benzene rings is 2. The number of halogens is 1. The second-order valence-electron chi connectivity index (χ2n) is 7.48. The largest absolute Gasteiger partial charge is 0.481 e. The Kier molecular flexibility index (Phi) is 6.03. The summed E-state index contributed by atoms with van der Waals surface area (Å²) in [5, 5.41) is 3.01. The number of carbonyl (C=O) groups is 1. The van der Waals surface area contributed by atoms with E-state index in [9.17, 15) is 18.8 Å². The molecule has 168 valence electrons. The topological polar surface area (TPSA) is 95.2 Å². The molecule has 0 atom stereocenters. The summed E-state index contributed by atoms with van der Waals surface area (Å²) in [5.74, 6) is -0.395. The SMILES string of the molecule is COc1cc(CNC(=O)c2ccc3c(c2)c(=O)n(Cc2cccc(F)c2)c(=O)n3C)ccn1. The summed E-state index contributed by atoms with van der Waals surface area (Å²) < 4.78 is 21.0. The van der Waals surface area contributed by atoms with Crippen LogP contribution in [0, 0.1) is 5.82 Å². The number of methoxy groups -OCH3 is 1. The first-order valence-corrected chi connectivity index (χ1v) is 10.1. The van der Waals surface area contributed by atoms with Gasteiger partial charge in [0.05, 0.1) is 24.6 Å². The molecule has 9 heteroatoms. The molecule has 0 saturated carbocycles. The average molecular weight is 448 g/mol. The minimum Gasteiger partial charge on any atom is -0.481 e. The maximum atomic E-state index is 13.6. The first-order valence-electron chi connectivity index (χ1n) is 10.1. The molecule has 1 amide bonds. The quantitative estimate of drug-likeness (QED) is 0.488. The predicted octanol–water partition coefficient (Wildman–Crippen LogP) is 2.22. The van der Waals surface area contributed by atoms with E-state index in [1.807, 2.05) is 0 Å². The second-order valence-corrected chi connectivity index (χ2v) is 7.48. The van der Waals surface area contributed by atoms with E-state index in [4.69, 9.17) is 4.74 Å². The van der Waals surface area contributed by atoms with Crippen LogP contribution >= 0.6 is 0 Å². The zero-order chi connectivity index (χ0) is 23.5. The fourth-order valence-corrected chi connectivity index (χ4v) is 3.57. The number of carbonyl (C=O) groups excluding carboxylic acids is 1. The molecule has 0 saturated heterocycles. The van der Waals surface area contributed by atoms with Crippen LogP contribution in [-0.4, -0.2) is 27.1 Å². The molecule has 0 unspecified atom stereocenters. The standard InChI is InChI=1S/C24H21FN4O4/c1-28-20-7-6-17(22(30)27-13-15-8-9-26-21(11-15)33-2)12-19(20)23(31)29(24(28)32)14-16-4-3-5-18(25)10-16/h3-12H,13-14H2,1-2H3,(H,27,30). The van der Waals surface area contributed by atoms with Crippen molar-refractivity contribution in [2.75, 3.05) is 7.11 Å². The normalized spacial score (nSPS) is 10.9. The van der Waals surface area contributed by atoms with Crippen molar-refractivity contribution in [1.29, 1.82) is 0 Å². The Balaban J connectivity index is 1.66. The third kappa shape index (κ3) is 4.52. The van der Waals surface area contributed by atoms with Crippen molar-refractivity contribution in [2.24, 2.45) is 7.05 Å². The van der Waals surface area contributed by atoms with Crippen molar-refractivity contribution in [1.82, 2.24) is 19.4 Å². The molecule has 0 radical (unpaired) electrons. The monoisotopic (exact) mass is 448 g/mol. The van der Waals surface area contributed by atoms with E-state index in [0.717, 1.165) is 10.1 Å². The van der Waals surface area contributed by atoms with Crippen molar-refractivity contribution in [3.63, 3.8) is 0 Å². The average Bonchev–Trinajstić information content (AvgIpc) is 2.83. The minimum atomic E-state index is -0.550. The van der Waals surface area contributed by atoms with Gasteiger partial charge in [-0.15, -0.1) is 0 Å². The van der Waals surface area contributed by atoms with Gasteiger partial charge in [-0.1, -0.05) is 12.1 Å². The lowest BCUT2D eigenvalue weighted by molar-refractivity contribution is 0.0951. The zero-order valence-corrected chi connectivity index (χ0v) is 18.0. The molecule has 0 bridgehead atoms. The lowest BCUT2D eigenvalue weighted by Crippen LogP contribution is -2.39. The number of ether oxygens (including phenoxy) is 1. The number of aromatic nitrogens is 3. The van der Waals surface area contributed by atoms with E-state index < -0.39 is 17.1 Å². The number of fused-ring (bicyclic) bond motifs is 1. The van der Waals surface area contributed by atoms with Crippen LogP contribution in [0.15, 0.2) is 70.4 Å². The summed E-state index contributed by atoms with van der Waals surface area (Å²) in [7, 11) is 3.05. The number of nitrogens with one attached hydrogen (secondary N) is 1. The fraction of sp³-hybridized carbons (Fsp3) is 0.167. The maximum Gasteiger partial charge on any atom is 0.331 e. The van der Waals surface area contributed by atoms with Crippen LogP contribution < -0.4 is 21.3 Å². The van der Waals surface area contributed by atoms with Crippen molar-refractivity contribution in [2.45, 2.75) is 13.1 Å². The number of amides is 1. The van der Waals surface area contributed by atoms with Crippen molar-refractivity contribution in [3.8, 4) is 5.88 Å². The molecule has 2 aromatic heterocycles. The molecular formula is C24H21FN4O4. The number of hydrogen-bond donors (Lipinski definition) is 1. The van der Waals surface area contributed by atoms with E-state index in [2.05, 4.69) is 10.3 Å². The number of pyridine rings is 1. The first-order chi connectivity index (χ1) is 15.9. The van der Waals surface area contributed by atoms with Gasteiger partial charge in [-0.3, -0.25) is 18.7 Å². The second kappa shape index (κ2) is 9.07. The van der Waals surface area contributed by atoms with Crippen LogP contribution in [0.2, 0.25) is 0 Å². The molecule has 0 aliphatic carbocycles. The number of rotatable bonds is 6. The van der Waals surface area contributed by atoms with Crippen molar-refractivity contribution < 1.29 is 13.9 Å². The van der Waals surface area contributed by atoms with Gasteiger partial charge in [-0.25, -0.2) is 14.2 Å². The predicted molar refractivity (Wildman–Crippen MR) is 121 cm³/mol. The van der Waals surface area contributed by atoms with E-state index in [-0.39, 0.29) is 29.9 Å². The lowest BCUT2D eigenvalue weighted by atomic mass is 10.1. The van der Waals surface area contributed by atoms with Crippen molar-refractivity contribution >= 4 is 16.8 Å². The Labute approximate surface area is 187 Å². The first kappa shape index (κ1) is 21.9. The molecule has 0 aliphatic heterocycles. The fourth-order valence-electron chi connectivity index (χ4n) is 3.57. The summed E-state index contributed by atoms with van der Waals surface area (Å²) in [4.78, 5) is 42.6. The number of nitrogens with zero attached hydrogens (tertiary/aromatic N) is 3. The molecule has 2 aromatic carbocycles. The van der Waals surface area contributed by atoms with Crippen LogP contribution in [0.3, 0.4) is 0 Å². The minimum absolute atomic E-state index is 0.0838. The van der Waals surface area contributed by atoms with Gasteiger partial charge < -0.3 is 10.1 Å². The highest BCUT2D eigenvalue weighted by molar-refractivity contribution is 5.97. The molecule has 0 spiro atoms. The van der Waals surface area contributed by atoms with Gasteiger partial charge >= 0.3 is 5.69 Å². The molecule has 8 nitrogen and oxygen atoms in total. The molecule has 4 aromatic rings. The Morgan fingerprint density at radius 2 is 1.91 bits per heavy atom. The third-order valence-corrected chi connectivity index (χ3v) is 5.30. The van der Waals surface area contributed by atoms with Crippen LogP contribution in [0.1, 0.15) is 21.5 Å². The zero-order valence-electron chi connectivity index (χ0n) is 18.0. The van der Waals surface area contributed by atoms with Gasteiger partial charge in [-0.05, 0) is 47.5 Å². The number of aryl methyl sites for hydroxylation is 1. The van der Waals surface area contributed by atoms with Gasteiger partial charge in [0.25, 0.3) is 11.5 Å². The van der Waals surface area contributed by atoms with E-state index >= 15 is 0 Å². The van der Waals surface area contributed by atoms with Crippen LogP contribution in [0.25, 0.3) is 10.9 Å². The smallest absolute Gasteiger partial charge is 0.331 e. The van der Waals surface area contributed by atoms with Crippen LogP contribution in [-0.2, 0) is 20.1 Å². The summed E-state index contributed by atoms with van der Waals surface area (Å²) in [6.07, 6.45) is 1.58. The highest BCUT2D eigenvalue weighted by Gasteiger charge is 2.15. The van der Waals surface area contributed by atoms with Gasteiger partial charge in [0.15, 0.2) is 0 Å². The molecule has 0 fully saturated rings. The summed E-state index contributed by atoms with van der Waals surface area (Å²) in [6, 6.07) is 13.8. The van der Waals surface area contributed by atoms with E-state index in [0.29, 0.717) is 17.0 Å². The molecule has 4 rings (SSSR count). The molecule has 2 heterocycles. The van der Waals surface area contributed by atoms with Crippen LogP contribution in [0.5, 0.6) is 5.88 Å². The Hall–Kier alpha value is -4.27. The molecule has 1 N–H and O–H groups in total. The molecular weight excluding hydrogens is 427 g/mol. The number of hydrogen-bond acceptors (Lipinski definition) is 5. The van der Waals surface area contributed by atoms with E-state index in [1.54, 1.807) is 43.6 Å². The summed E-state index contributed by atoms with van der Waals surface area (Å²) >= 11 is 0. The molecule has 33 heavy (non-hydrogen) atoms. The lowest BCUT2D eigenvalue weighted by Gasteiger charge is -2.12. The highest BCUT2D eigenvalue weighted by Crippen LogP contribution is 2.13. The Bertz CT molecular complexity index is 1480. The summed E-state index contributed by atoms with van der Waals surface area (Å²) in [5.41, 5.74) is 0.880. The van der Waals surface area contributed by atoms with Gasteiger partial charge in [0.2, 0.25) is 5.88 Å². The maximum absolute atomic E-state index is 13.6. The van der Waals surface area contributed by atoms with Gasteiger partial charge in [0.1, 0.15) is 5.82 Å². The van der Waals surface area contributed by atoms with E-state index in [1.165, 1.54) is 35.9 Å². The van der Waals surface area contributed by atoms with Gasteiger partial charge in [0, 0.05) is 31.4 Å².